The van der Waals surface area contributed by atoms with E-state index in [0.29, 0.717) is 5.69 Å². The number of aryl methyl sites for hydroxylation is 1. The minimum atomic E-state index is -0.508. The van der Waals surface area contributed by atoms with Gasteiger partial charge in [-0.15, -0.1) is 0 Å². The van der Waals surface area contributed by atoms with E-state index in [-0.39, 0.29) is 11.8 Å². The monoisotopic (exact) mass is 246 g/mol. The molecule has 0 aliphatic heterocycles. The Bertz CT molecular complexity index is 540. The van der Waals surface area contributed by atoms with E-state index in [1.807, 2.05) is 26.0 Å². The van der Waals surface area contributed by atoms with Gasteiger partial charge in [-0.3, -0.25) is 0 Å². The van der Waals surface area contributed by atoms with E-state index >= 15 is 0 Å². The molecule has 1 atom stereocenters. The number of phenols is 1. The summed E-state index contributed by atoms with van der Waals surface area (Å²) < 4.78 is 12.7. The van der Waals surface area contributed by atoms with E-state index in [1.54, 1.807) is 12.1 Å². The third-order valence-electron chi connectivity index (χ3n) is 2.76. The van der Waals surface area contributed by atoms with Crippen LogP contribution >= 0.6 is 0 Å². The number of pyridine rings is 1. The van der Waals surface area contributed by atoms with Gasteiger partial charge in [0.2, 0.25) is 5.95 Å². The maximum absolute atomic E-state index is 12.7. The Hall–Kier alpha value is -2.10. The largest absolute Gasteiger partial charge is 0.508 e. The molecule has 3 nitrogen and oxygen atoms in total. The highest BCUT2D eigenvalue weighted by Crippen LogP contribution is 2.27. The Balaban J connectivity index is 2.18. The molecule has 0 fully saturated rings. The molecule has 1 aromatic heterocycles. The quantitative estimate of drug-likeness (QED) is 0.816. The van der Waals surface area contributed by atoms with Crippen molar-refractivity contribution in [2.45, 2.75) is 19.9 Å². The van der Waals surface area contributed by atoms with Crippen molar-refractivity contribution in [3.05, 3.63) is 53.6 Å². The topological polar surface area (TPSA) is 45.1 Å². The molecule has 2 rings (SSSR count). The average molecular weight is 246 g/mol. The van der Waals surface area contributed by atoms with Crippen LogP contribution in [0.4, 0.5) is 10.1 Å². The number of aromatic nitrogens is 1. The maximum atomic E-state index is 12.7. The molecule has 0 bridgehead atoms. The van der Waals surface area contributed by atoms with Gasteiger partial charge in [-0.1, -0.05) is 17.7 Å². The van der Waals surface area contributed by atoms with Crippen LogP contribution in [0.5, 0.6) is 5.75 Å². The fraction of sp³-hybridized carbons (Fsp3) is 0.214. The van der Waals surface area contributed by atoms with Gasteiger partial charge in [0.05, 0.1) is 17.9 Å². The Morgan fingerprint density at radius 1 is 1.28 bits per heavy atom. The first-order chi connectivity index (χ1) is 8.56. The van der Waals surface area contributed by atoms with Gasteiger partial charge in [-0.25, -0.2) is 4.98 Å². The van der Waals surface area contributed by atoms with Crippen molar-refractivity contribution in [3.63, 3.8) is 0 Å². The molecule has 0 aliphatic carbocycles. The molecule has 4 heteroatoms. The van der Waals surface area contributed by atoms with Crippen LogP contribution < -0.4 is 5.32 Å². The maximum Gasteiger partial charge on any atom is 0.212 e. The zero-order valence-corrected chi connectivity index (χ0v) is 10.3. The molecule has 94 valence electrons. The van der Waals surface area contributed by atoms with Gasteiger partial charge in [0.1, 0.15) is 5.75 Å². The third kappa shape index (κ3) is 2.77. The van der Waals surface area contributed by atoms with Crippen molar-refractivity contribution in [1.29, 1.82) is 0 Å². The van der Waals surface area contributed by atoms with Crippen molar-refractivity contribution in [3.8, 4) is 5.75 Å². The van der Waals surface area contributed by atoms with Gasteiger partial charge in [0, 0.05) is 5.56 Å². The van der Waals surface area contributed by atoms with E-state index in [9.17, 15) is 9.50 Å². The molecule has 0 spiro atoms. The van der Waals surface area contributed by atoms with E-state index in [1.165, 1.54) is 12.3 Å². The molecule has 1 heterocycles. The smallest absolute Gasteiger partial charge is 0.212 e. The summed E-state index contributed by atoms with van der Waals surface area (Å²) in [6.07, 6.45) is 1.43. The van der Waals surface area contributed by atoms with Crippen molar-refractivity contribution < 1.29 is 9.50 Å². The molecule has 2 aromatic rings. The van der Waals surface area contributed by atoms with E-state index in [2.05, 4.69) is 10.3 Å². The number of aromatic hydroxyl groups is 1. The van der Waals surface area contributed by atoms with Gasteiger partial charge in [0.25, 0.3) is 0 Å². The zero-order valence-electron chi connectivity index (χ0n) is 10.3. The SMILES string of the molecule is Cc1ccc(O)c(C(C)Nc2ccc(F)nc2)c1. The first-order valence-corrected chi connectivity index (χ1v) is 5.74. The predicted octanol–water partition coefficient (Wildman–Crippen LogP) is 3.41. The number of nitrogens with zero attached hydrogens (tertiary/aromatic N) is 1. The lowest BCUT2D eigenvalue weighted by Crippen LogP contribution is -2.07. The summed E-state index contributed by atoms with van der Waals surface area (Å²) in [6.45, 7) is 3.90. The van der Waals surface area contributed by atoms with E-state index in [0.717, 1.165) is 11.1 Å². The highest BCUT2D eigenvalue weighted by atomic mass is 19.1. The van der Waals surface area contributed by atoms with Crippen LogP contribution in [0.15, 0.2) is 36.5 Å². The lowest BCUT2D eigenvalue weighted by Gasteiger charge is -2.17. The van der Waals surface area contributed by atoms with E-state index in [4.69, 9.17) is 0 Å². The number of phenolic OH excluding ortho intramolecular Hbond substituents is 1. The standard InChI is InChI=1S/C14H15FN2O/c1-9-3-5-13(18)12(7-9)10(2)17-11-4-6-14(15)16-8-11/h3-8,10,17-18H,1-2H3. The molecule has 18 heavy (non-hydrogen) atoms. The molecule has 0 radical (unpaired) electrons. The van der Waals surface area contributed by atoms with Crippen LogP contribution in [0.25, 0.3) is 0 Å². The van der Waals surface area contributed by atoms with Crippen LogP contribution in [0.2, 0.25) is 0 Å². The first kappa shape index (κ1) is 12.4. The summed E-state index contributed by atoms with van der Waals surface area (Å²) in [4.78, 5) is 3.57. The minimum Gasteiger partial charge on any atom is -0.508 e. The molecule has 0 saturated heterocycles. The van der Waals surface area contributed by atoms with Gasteiger partial charge in [-0.2, -0.15) is 4.39 Å². The second-order valence-corrected chi connectivity index (χ2v) is 4.30. The van der Waals surface area contributed by atoms with Crippen molar-refractivity contribution >= 4 is 5.69 Å². The molecular weight excluding hydrogens is 231 g/mol. The summed E-state index contributed by atoms with van der Waals surface area (Å²) in [6, 6.07) is 8.27. The van der Waals surface area contributed by atoms with Gasteiger partial charge in [-0.05, 0) is 32.0 Å². The summed E-state index contributed by atoms with van der Waals surface area (Å²) in [5.41, 5.74) is 2.60. The second-order valence-electron chi connectivity index (χ2n) is 4.30. The van der Waals surface area contributed by atoms with Crippen LogP contribution in [0, 0.1) is 12.9 Å². The lowest BCUT2D eigenvalue weighted by molar-refractivity contribution is 0.465. The molecule has 1 unspecified atom stereocenters. The van der Waals surface area contributed by atoms with Gasteiger partial charge in [0.15, 0.2) is 0 Å². The predicted molar refractivity (Wildman–Crippen MR) is 69.1 cm³/mol. The fourth-order valence-corrected chi connectivity index (χ4v) is 1.81. The van der Waals surface area contributed by atoms with Crippen LogP contribution in [-0.4, -0.2) is 10.1 Å². The third-order valence-corrected chi connectivity index (χ3v) is 2.76. The number of halogens is 1. The first-order valence-electron chi connectivity index (χ1n) is 5.74. The van der Waals surface area contributed by atoms with Gasteiger partial charge < -0.3 is 10.4 Å². The van der Waals surface area contributed by atoms with Crippen LogP contribution in [0.3, 0.4) is 0 Å². The molecule has 2 N–H and O–H groups in total. The lowest BCUT2D eigenvalue weighted by atomic mass is 10.0. The van der Waals surface area contributed by atoms with Crippen molar-refractivity contribution in [2.75, 3.05) is 5.32 Å². The summed E-state index contributed by atoms with van der Waals surface area (Å²) in [7, 11) is 0. The number of nitrogens with one attached hydrogen (secondary N) is 1. The molecule has 1 aromatic carbocycles. The summed E-state index contributed by atoms with van der Waals surface area (Å²) >= 11 is 0. The van der Waals surface area contributed by atoms with Crippen molar-refractivity contribution in [1.82, 2.24) is 4.98 Å². The Morgan fingerprint density at radius 3 is 2.72 bits per heavy atom. The second kappa shape index (κ2) is 5.04. The molecular formula is C14H15FN2O. The number of benzene rings is 1. The van der Waals surface area contributed by atoms with E-state index < -0.39 is 5.95 Å². The number of rotatable bonds is 3. The summed E-state index contributed by atoms with van der Waals surface area (Å²) in [5, 5.41) is 13.0. The molecule has 0 amide bonds. The summed E-state index contributed by atoms with van der Waals surface area (Å²) in [5.74, 6) is -0.262. The Labute approximate surface area is 105 Å². The molecule has 0 saturated carbocycles. The fourth-order valence-electron chi connectivity index (χ4n) is 1.81. The Kier molecular flexibility index (Phi) is 3.46. The highest BCUT2D eigenvalue weighted by Gasteiger charge is 2.10. The zero-order chi connectivity index (χ0) is 13.1. The number of hydrogen-bond donors (Lipinski definition) is 2. The van der Waals surface area contributed by atoms with Gasteiger partial charge >= 0.3 is 0 Å². The van der Waals surface area contributed by atoms with Crippen LogP contribution in [-0.2, 0) is 0 Å². The number of anilines is 1. The minimum absolute atomic E-state index is 0.0860. The average Bonchev–Trinajstić information content (AvgIpc) is 2.35. The molecule has 0 aliphatic rings. The van der Waals surface area contributed by atoms with Crippen LogP contribution in [0.1, 0.15) is 24.1 Å². The Morgan fingerprint density at radius 2 is 2.06 bits per heavy atom. The highest BCUT2D eigenvalue weighted by molar-refractivity contribution is 5.46. The number of hydrogen-bond acceptors (Lipinski definition) is 3. The normalized spacial score (nSPS) is 12.2. The van der Waals surface area contributed by atoms with Crippen molar-refractivity contribution in [2.24, 2.45) is 0 Å².